The first-order valence-corrected chi connectivity index (χ1v) is 16.9. The summed E-state index contributed by atoms with van der Waals surface area (Å²) >= 11 is 0. The molecule has 0 atom stereocenters. The van der Waals surface area contributed by atoms with Crippen molar-refractivity contribution in [2.45, 2.75) is 0 Å². The highest BCUT2D eigenvalue weighted by Gasteiger charge is 2.20. The van der Waals surface area contributed by atoms with E-state index < -0.39 is 36.3 Å². The lowest BCUT2D eigenvalue weighted by molar-refractivity contribution is 0.673. The van der Waals surface area contributed by atoms with Crippen LogP contribution in [-0.2, 0) is 0 Å². The van der Waals surface area contributed by atoms with Gasteiger partial charge in [-0.15, -0.1) is 0 Å². The number of hydrogen-bond donors (Lipinski definition) is 0. The van der Waals surface area contributed by atoms with Gasteiger partial charge in [-0.3, -0.25) is 0 Å². The summed E-state index contributed by atoms with van der Waals surface area (Å²) in [6.07, 6.45) is 0. The second-order valence-corrected chi connectivity index (χ2v) is 12.9. The number of rotatable bonds is 3. The second kappa shape index (κ2) is 10.9. The Labute approximate surface area is 307 Å². The molecule has 0 aliphatic heterocycles. The summed E-state index contributed by atoms with van der Waals surface area (Å²) < 4.78 is 85.6. The molecule has 0 bridgehead atoms. The van der Waals surface area contributed by atoms with Crippen LogP contribution in [0.1, 0.15) is 12.3 Å². The highest BCUT2D eigenvalue weighted by Crippen LogP contribution is 2.47. The summed E-state index contributed by atoms with van der Waals surface area (Å²) in [4.78, 5) is 0. The van der Waals surface area contributed by atoms with E-state index in [4.69, 9.17) is 14.0 Å². The first-order chi connectivity index (χ1) is 29.1. The van der Waals surface area contributed by atoms with Crippen molar-refractivity contribution in [3.8, 4) is 33.4 Å². The number of hydrogen-bond acceptors (Lipinski definition) is 1. The molecule has 1 heterocycles. The Morgan fingerprint density at radius 1 is 0.373 bits per heavy atom. The third-order valence-electron chi connectivity index (χ3n) is 10.2. The minimum Gasteiger partial charge on any atom is -0.455 e. The SMILES string of the molecule is [2H]c1c([2H])c(-c2ccc3cccc(-c4c5ccccc5c(-c5cccc6ccccc56)c5ccccc45)c3c2)c2c(oc3c4c([2H])c([2H])c([2H])c([2H])c4c([2H])c([2H])c32)c1[2H]. The maximum atomic E-state index is 9.32. The maximum absolute atomic E-state index is 9.32. The summed E-state index contributed by atoms with van der Waals surface area (Å²) in [5.41, 5.74) is 4.86. The third-order valence-corrected chi connectivity index (χ3v) is 10.2. The van der Waals surface area contributed by atoms with Gasteiger partial charge >= 0.3 is 0 Å². The number of benzene rings is 10. The van der Waals surface area contributed by atoms with E-state index in [0.29, 0.717) is 5.56 Å². The fourth-order valence-electron chi connectivity index (χ4n) is 7.98. The molecular weight excluding hydrogens is 617 g/mol. The van der Waals surface area contributed by atoms with Crippen molar-refractivity contribution in [1.82, 2.24) is 0 Å². The van der Waals surface area contributed by atoms with Crippen molar-refractivity contribution >= 4 is 75.8 Å². The molecule has 1 nitrogen and oxygen atoms in total. The fourth-order valence-corrected chi connectivity index (χ4v) is 7.98. The molecule has 10 aromatic carbocycles. The molecule has 51 heavy (non-hydrogen) atoms. The molecule has 0 radical (unpaired) electrons. The Morgan fingerprint density at radius 2 is 0.980 bits per heavy atom. The van der Waals surface area contributed by atoms with Gasteiger partial charge < -0.3 is 4.42 Å². The molecule has 0 saturated carbocycles. The highest BCUT2D eigenvalue weighted by molar-refractivity contribution is 6.26. The van der Waals surface area contributed by atoms with Crippen molar-refractivity contribution in [2.24, 2.45) is 0 Å². The highest BCUT2D eigenvalue weighted by atomic mass is 16.3. The molecule has 236 valence electrons. The van der Waals surface area contributed by atoms with Gasteiger partial charge in [-0.1, -0.05) is 164 Å². The van der Waals surface area contributed by atoms with E-state index in [-0.39, 0.29) is 56.4 Å². The zero-order valence-electron chi connectivity index (χ0n) is 36.0. The van der Waals surface area contributed by atoms with E-state index >= 15 is 0 Å². The summed E-state index contributed by atoms with van der Waals surface area (Å²) in [6, 6.07) is 39.9. The summed E-state index contributed by atoms with van der Waals surface area (Å²) in [5, 5.41) is 8.43. The predicted molar refractivity (Wildman–Crippen MR) is 218 cm³/mol. The molecule has 0 aliphatic rings. The summed E-state index contributed by atoms with van der Waals surface area (Å²) in [7, 11) is 0. The molecule has 0 spiro atoms. The smallest absolute Gasteiger partial charge is 0.143 e. The van der Waals surface area contributed by atoms with Crippen LogP contribution in [0.5, 0.6) is 0 Å². The lowest BCUT2D eigenvalue weighted by atomic mass is 9.83. The minimum atomic E-state index is -0.532. The Balaban J connectivity index is 1.24. The Bertz CT molecular complexity index is 3660. The predicted octanol–water partition coefficient (Wildman–Crippen LogP) is 14.4. The standard InChI is InChI=1S/C50H30O/c1-3-16-35-31(12-1)14-9-23-38(35)47-39-18-5-7-20-41(39)48(42-21-8-6-19-40(42)47)43-24-10-15-33-26-27-34(30-45(33)43)36-22-11-25-46-49(36)44-29-28-32-13-2-4-17-37(32)50(44)51-46/h1-30H/i2D,4D,11D,13D,17D,22D,25D,28D,29D. The van der Waals surface area contributed by atoms with Gasteiger partial charge in [0.2, 0.25) is 0 Å². The topological polar surface area (TPSA) is 13.1 Å². The lowest BCUT2D eigenvalue weighted by Crippen LogP contribution is -1.92. The Morgan fingerprint density at radius 3 is 1.71 bits per heavy atom. The van der Waals surface area contributed by atoms with Crippen LogP contribution in [0.4, 0.5) is 0 Å². The van der Waals surface area contributed by atoms with Gasteiger partial charge in [0.25, 0.3) is 0 Å². The monoisotopic (exact) mass is 655 g/mol. The van der Waals surface area contributed by atoms with Crippen molar-refractivity contribution in [3.05, 3.63) is 182 Å². The maximum Gasteiger partial charge on any atom is 0.143 e. The van der Waals surface area contributed by atoms with Gasteiger partial charge in [0, 0.05) is 16.2 Å². The van der Waals surface area contributed by atoms with E-state index in [9.17, 15) is 2.74 Å². The minimum absolute atomic E-state index is 0.0546. The first-order valence-electron chi connectivity index (χ1n) is 21.4. The van der Waals surface area contributed by atoms with Crippen LogP contribution in [0.2, 0.25) is 0 Å². The average molecular weight is 656 g/mol. The Hall–Kier alpha value is -6.70. The van der Waals surface area contributed by atoms with Gasteiger partial charge in [0.05, 0.1) is 12.3 Å². The van der Waals surface area contributed by atoms with Crippen molar-refractivity contribution in [2.75, 3.05) is 0 Å². The molecule has 11 aromatic rings. The van der Waals surface area contributed by atoms with Crippen LogP contribution in [-0.4, -0.2) is 0 Å². The summed E-state index contributed by atoms with van der Waals surface area (Å²) in [6.45, 7) is 0. The molecule has 0 N–H and O–H groups in total. The molecule has 0 amide bonds. The van der Waals surface area contributed by atoms with Crippen LogP contribution in [0.25, 0.3) is 109 Å². The van der Waals surface area contributed by atoms with E-state index in [1.165, 1.54) is 0 Å². The van der Waals surface area contributed by atoms with Crippen LogP contribution in [0.3, 0.4) is 0 Å². The largest absolute Gasteiger partial charge is 0.455 e. The number of fused-ring (bicyclic) bond motifs is 9. The first kappa shape index (κ1) is 20.7. The third kappa shape index (κ3) is 4.16. The number of furan rings is 1. The van der Waals surface area contributed by atoms with Gasteiger partial charge in [-0.05, 0) is 100 Å². The van der Waals surface area contributed by atoms with E-state index in [1.807, 2.05) is 30.3 Å². The van der Waals surface area contributed by atoms with E-state index in [0.717, 1.165) is 65.3 Å². The van der Waals surface area contributed by atoms with Crippen LogP contribution < -0.4 is 0 Å². The van der Waals surface area contributed by atoms with Gasteiger partial charge in [-0.2, -0.15) is 0 Å². The molecule has 1 aromatic heterocycles. The molecule has 11 rings (SSSR count). The molecule has 1 heteroatoms. The average Bonchev–Trinajstić information content (AvgIpc) is 3.67. The summed E-state index contributed by atoms with van der Waals surface area (Å²) in [5.74, 6) is 0. The normalized spacial score (nSPS) is 14.4. The molecule has 0 unspecified atom stereocenters. The second-order valence-electron chi connectivity index (χ2n) is 12.9. The van der Waals surface area contributed by atoms with Crippen molar-refractivity contribution in [1.29, 1.82) is 0 Å². The Kier molecular flexibility index (Phi) is 4.43. The van der Waals surface area contributed by atoms with Gasteiger partial charge in [0.1, 0.15) is 11.2 Å². The fraction of sp³-hybridized carbons (Fsp3) is 0. The van der Waals surface area contributed by atoms with Gasteiger partial charge in [0.15, 0.2) is 0 Å². The zero-order chi connectivity index (χ0) is 41.3. The molecule has 0 saturated heterocycles. The van der Waals surface area contributed by atoms with E-state index in [1.54, 1.807) is 0 Å². The molecule has 0 fully saturated rings. The van der Waals surface area contributed by atoms with Crippen LogP contribution in [0.15, 0.2) is 186 Å². The van der Waals surface area contributed by atoms with Gasteiger partial charge in [-0.25, -0.2) is 0 Å². The van der Waals surface area contributed by atoms with Crippen molar-refractivity contribution in [3.63, 3.8) is 0 Å². The van der Waals surface area contributed by atoms with Crippen LogP contribution >= 0.6 is 0 Å². The quantitative estimate of drug-likeness (QED) is 0.173. The van der Waals surface area contributed by atoms with Crippen molar-refractivity contribution < 1.29 is 16.8 Å². The lowest BCUT2D eigenvalue weighted by Gasteiger charge is -2.20. The zero-order valence-corrected chi connectivity index (χ0v) is 27.0. The van der Waals surface area contributed by atoms with E-state index in [2.05, 4.69) is 97.1 Å². The molecule has 0 aliphatic carbocycles. The van der Waals surface area contributed by atoms with Crippen LogP contribution in [0, 0.1) is 0 Å². The molecular formula is C50H30O.